The van der Waals surface area contributed by atoms with Crippen molar-refractivity contribution in [3.8, 4) is 5.75 Å². The Morgan fingerprint density at radius 2 is 2.00 bits per heavy atom. The summed E-state index contributed by atoms with van der Waals surface area (Å²) in [6.45, 7) is 8.37. The summed E-state index contributed by atoms with van der Waals surface area (Å²) in [5, 5.41) is 24.7. The van der Waals surface area contributed by atoms with Gasteiger partial charge in [-0.15, -0.1) is 0 Å². The van der Waals surface area contributed by atoms with Gasteiger partial charge in [-0.1, -0.05) is 27.7 Å². The molecule has 18 heavy (non-hydrogen) atoms. The van der Waals surface area contributed by atoms with Gasteiger partial charge in [0.25, 0.3) is 0 Å². The molecule has 0 aliphatic heterocycles. The molecule has 2 unspecified atom stereocenters. The molecule has 1 aromatic heterocycles. The van der Waals surface area contributed by atoms with Crippen LogP contribution < -0.4 is 4.74 Å². The van der Waals surface area contributed by atoms with E-state index in [1.807, 2.05) is 27.7 Å². The molecule has 1 rings (SSSR count). The van der Waals surface area contributed by atoms with Crippen molar-refractivity contribution in [2.24, 2.45) is 5.41 Å². The summed E-state index contributed by atoms with van der Waals surface area (Å²) in [7, 11) is 1.53. The second kappa shape index (κ2) is 5.71. The molecule has 0 aliphatic rings. The zero-order valence-corrected chi connectivity index (χ0v) is 11.8. The zero-order chi connectivity index (χ0) is 13.9. The van der Waals surface area contributed by atoms with Gasteiger partial charge in [0.15, 0.2) is 5.75 Å². The van der Waals surface area contributed by atoms with Crippen molar-refractivity contribution in [1.29, 1.82) is 0 Å². The predicted octanol–water partition coefficient (Wildman–Crippen LogP) is 1.74. The Hall–Kier alpha value is -1.07. The Kier molecular flexibility index (Phi) is 4.76. The van der Waals surface area contributed by atoms with Crippen molar-refractivity contribution in [2.45, 2.75) is 52.9 Å². The minimum absolute atomic E-state index is 0.411. The maximum absolute atomic E-state index is 10.3. The molecule has 1 heterocycles. The minimum atomic E-state index is -1.01. The number of hydrogen-bond donors (Lipinski definition) is 2. The van der Waals surface area contributed by atoms with E-state index in [1.165, 1.54) is 7.11 Å². The first-order valence-electron chi connectivity index (χ1n) is 6.28. The number of nitrogens with zero attached hydrogens (tertiary/aromatic N) is 2. The van der Waals surface area contributed by atoms with Crippen LogP contribution in [0.4, 0.5) is 0 Å². The Morgan fingerprint density at radius 1 is 1.39 bits per heavy atom. The standard InChI is InChI=1S/C13H24N2O3/c1-6-7-15-10(9(18-5)8-14-15)11(16)12(17)13(2,3)4/h8,11-12,16-17H,6-7H2,1-5H3. The van der Waals surface area contributed by atoms with Crippen LogP contribution in [0.1, 0.15) is 45.9 Å². The lowest BCUT2D eigenvalue weighted by atomic mass is 9.85. The molecule has 0 aliphatic carbocycles. The van der Waals surface area contributed by atoms with Gasteiger partial charge in [0, 0.05) is 6.54 Å². The lowest BCUT2D eigenvalue weighted by molar-refractivity contribution is -0.0504. The van der Waals surface area contributed by atoms with Crippen LogP contribution in [0.15, 0.2) is 6.20 Å². The molecule has 5 heteroatoms. The van der Waals surface area contributed by atoms with Crippen molar-refractivity contribution in [3.05, 3.63) is 11.9 Å². The summed E-state index contributed by atoms with van der Waals surface area (Å²) >= 11 is 0. The molecule has 104 valence electrons. The zero-order valence-electron chi connectivity index (χ0n) is 11.8. The number of aliphatic hydroxyl groups excluding tert-OH is 2. The fourth-order valence-electron chi connectivity index (χ4n) is 1.85. The number of aryl methyl sites for hydroxylation is 1. The number of rotatable bonds is 5. The molecule has 0 radical (unpaired) electrons. The fourth-order valence-corrected chi connectivity index (χ4v) is 1.85. The van der Waals surface area contributed by atoms with E-state index in [2.05, 4.69) is 5.10 Å². The highest BCUT2D eigenvalue weighted by Gasteiger charge is 2.34. The normalized spacial score (nSPS) is 15.5. The van der Waals surface area contributed by atoms with Gasteiger partial charge in [-0.25, -0.2) is 0 Å². The third kappa shape index (κ3) is 3.03. The minimum Gasteiger partial charge on any atom is -0.493 e. The Bertz CT molecular complexity index is 382. The molecule has 2 atom stereocenters. The average molecular weight is 256 g/mol. The van der Waals surface area contributed by atoms with Gasteiger partial charge >= 0.3 is 0 Å². The van der Waals surface area contributed by atoms with Crippen LogP contribution in [0.3, 0.4) is 0 Å². The topological polar surface area (TPSA) is 67.5 Å². The van der Waals surface area contributed by atoms with Crippen molar-refractivity contribution in [2.75, 3.05) is 7.11 Å². The lowest BCUT2D eigenvalue weighted by Crippen LogP contribution is -2.33. The molecule has 1 aromatic rings. The third-order valence-electron chi connectivity index (χ3n) is 2.97. The number of ether oxygens (including phenoxy) is 1. The van der Waals surface area contributed by atoms with E-state index in [9.17, 15) is 10.2 Å². The monoisotopic (exact) mass is 256 g/mol. The van der Waals surface area contributed by atoms with Crippen molar-refractivity contribution < 1.29 is 14.9 Å². The van der Waals surface area contributed by atoms with Crippen LogP contribution in [0.25, 0.3) is 0 Å². The van der Waals surface area contributed by atoms with Crippen molar-refractivity contribution in [1.82, 2.24) is 9.78 Å². The summed E-state index contributed by atoms with van der Waals surface area (Å²) in [5.74, 6) is 0.513. The molecule has 2 N–H and O–H groups in total. The first-order valence-corrected chi connectivity index (χ1v) is 6.28. The quantitative estimate of drug-likeness (QED) is 0.842. The maximum atomic E-state index is 10.3. The predicted molar refractivity (Wildman–Crippen MR) is 69.5 cm³/mol. The van der Waals surface area contributed by atoms with Gasteiger partial charge in [0.2, 0.25) is 0 Å². The Labute approximate surface area is 108 Å². The molecular weight excluding hydrogens is 232 g/mol. The molecule has 0 amide bonds. The van der Waals surface area contributed by atoms with Crippen molar-refractivity contribution >= 4 is 0 Å². The molecule has 0 saturated carbocycles. The van der Waals surface area contributed by atoms with Gasteiger partial charge in [-0.05, 0) is 11.8 Å². The van der Waals surface area contributed by atoms with E-state index in [0.29, 0.717) is 18.0 Å². The molecule has 0 saturated heterocycles. The van der Waals surface area contributed by atoms with E-state index >= 15 is 0 Å². The van der Waals surface area contributed by atoms with Gasteiger partial charge in [-0.3, -0.25) is 4.68 Å². The van der Waals surface area contributed by atoms with E-state index in [-0.39, 0.29) is 0 Å². The van der Waals surface area contributed by atoms with Gasteiger partial charge in [-0.2, -0.15) is 5.10 Å². The number of aliphatic hydroxyl groups is 2. The van der Waals surface area contributed by atoms with Gasteiger partial charge < -0.3 is 14.9 Å². The van der Waals surface area contributed by atoms with Crippen LogP contribution >= 0.6 is 0 Å². The summed E-state index contributed by atoms with van der Waals surface area (Å²) in [6, 6.07) is 0. The highest BCUT2D eigenvalue weighted by atomic mass is 16.5. The maximum Gasteiger partial charge on any atom is 0.162 e. The second-order valence-corrected chi connectivity index (χ2v) is 5.58. The summed E-state index contributed by atoms with van der Waals surface area (Å²) in [5.41, 5.74) is 0.132. The average Bonchev–Trinajstić information content (AvgIpc) is 2.69. The molecule has 0 aromatic carbocycles. The van der Waals surface area contributed by atoms with Gasteiger partial charge in [0.05, 0.1) is 19.4 Å². The lowest BCUT2D eigenvalue weighted by Gasteiger charge is -2.30. The second-order valence-electron chi connectivity index (χ2n) is 5.58. The van der Waals surface area contributed by atoms with Crippen LogP contribution in [-0.2, 0) is 6.54 Å². The summed E-state index contributed by atoms with van der Waals surface area (Å²) in [6.07, 6.45) is 0.590. The van der Waals surface area contributed by atoms with E-state index in [0.717, 1.165) is 6.42 Å². The molecule has 0 bridgehead atoms. The summed E-state index contributed by atoms with van der Waals surface area (Å²) in [4.78, 5) is 0. The molecule has 0 spiro atoms. The Balaban J connectivity index is 3.09. The van der Waals surface area contributed by atoms with Gasteiger partial charge in [0.1, 0.15) is 11.8 Å². The highest BCUT2D eigenvalue weighted by Crippen LogP contribution is 2.34. The number of aromatic nitrogens is 2. The van der Waals surface area contributed by atoms with E-state index in [4.69, 9.17) is 4.74 Å². The summed E-state index contributed by atoms with van der Waals surface area (Å²) < 4.78 is 6.89. The fraction of sp³-hybridized carbons (Fsp3) is 0.769. The third-order valence-corrected chi connectivity index (χ3v) is 2.97. The number of methoxy groups -OCH3 is 1. The van der Waals surface area contributed by atoms with Crippen LogP contribution in [-0.4, -0.2) is 33.2 Å². The SMILES string of the molecule is CCCn1ncc(OC)c1C(O)C(O)C(C)(C)C. The first kappa shape index (κ1) is 15.0. The van der Waals surface area contributed by atoms with E-state index < -0.39 is 17.6 Å². The van der Waals surface area contributed by atoms with Crippen molar-refractivity contribution in [3.63, 3.8) is 0 Å². The van der Waals surface area contributed by atoms with Crippen LogP contribution in [0.5, 0.6) is 5.75 Å². The number of hydrogen-bond acceptors (Lipinski definition) is 4. The van der Waals surface area contributed by atoms with E-state index in [1.54, 1.807) is 10.9 Å². The smallest absolute Gasteiger partial charge is 0.162 e. The first-order chi connectivity index (χ1) is 8.32. The molecular formula is C13H24N2O3. The molecule has 5 nitrogen and oxygen atoms in total. The Morgan fingerprint density at radius 3 is 2.44 bits per heavy atom. The van der Waals surface area contributed by atoms with Crippen LogP contribution in [0, 0.1) is 5.41 Å². The van der Waals surface area contributed by atoms with Crippen LogP contribution in [0.2, 0.25) is 0 Å². The highest BCUT2D eigenvalue weighted by molar-refractivity contribution is 5.28. The largest absolute Gasteiger partial charge is 0.493 e. The molecule has 0 fully saturated rings.